The summed E-state index contributed by atoms with van der Waals surface area (Å²) in [5, 5.41) is 11.8. The molecule has 1 heterocycles. The van der Waals surface area contributed by atoms with Gasteiger partial charge in [-0.05, 0) is 55.2 Å². The summed E-state index contributed by atoms with van der Waals surface area (Å²) >= 11 is 7.74. The van der Waals surface area contributed by atoms with E-state index in [1.165, 1.54) is 0 Å². The molecular formula is C23H22N2O6S3. The molecule has 1 aliphatic rings. The highest BCUT2D eigenvalue weighted by molar-refractivity contribution is 8.26. The average molecular weight is 519 g/mol. The Hall–Kier alpha value is -3.02. The normalized spacial score (nSPS) is 14.4. The molecule has 0 aliphatic carbocycles. The van der Waals surface area contributed by atoms with E-state index in [0.29, 0.717) is 34.3 Å². The topological polar surface area (TPSA) is 105 Å². The number of ether oxygens (including phenoxy) is 2. The van der Waals surface area contributed by atoms with Crippen molar-refractivity contribution in [3.8, 4) is 11.5 Å². The lowest BCUT2D eigenvalue weighted by molar-refractivity contribution is -0.140. The Kier molecular flexibility index (Phi) is 8.97. The van der Waals surface area contributed by atoms with Gasteiger partial charge in [0.25, 0.3) is 11.8 Å². The highest BCUT2D eigenvalue weighted by Gasteiger charge is 2.33. The van der Waals surface area contributed by atoms with Crippen LogP contribution in [0, 0.1) is 0 Å². The number of carboxylic acids is 1. The molecule has 2 amide bonds. The molecule has 0 bridgehead atoms. The molecule has 1 saturated heterocycles. The molecule has 34 heavy (non-hydrogen) atoms. The minimum absolute atomic E-state index is 0.192. The molecule has 3 rings (SSSR count). The summed E-state index contributed by atoms with van der Waals surface area (Å²) in [6.45, 7) is 1.49. The van der Waals surface area contributed by atoms with Crippen molar-refractivity contribution in [2.45, 2.75) is 11.8 Å². The third-order valence-electron chi connectivity index (χ3n) is 4.44. The van der Waals surface area contributed by atoms with E-state index in [1.54, 1.807) is 42.1 Å². The summed E-state index contributed by atoms with van der Waals surface area (Å²) in [4.78, 5) is 38.2. The first-order chi connectivity index (χ1) is 16.3. The van der Waals surface area contributed by atoms with Crippen LogP contribution in [-0.4, -0.2) is 58.1 Å². The minimum Gasteiger partial charge on any atom is -0.490 e. The van der Waals surface area contributed by atoms with Crippen LogP contribution in [0.2, 0.25) is 0 Å². The van der Waals surface area contributed by atoms with Crippen molar-refractivity contribution in [2.75, 3.05) is 31.3 Å². The highest BCUT2D eigenvalue weighted by Crippen LogP contribution is 2.34. The number of carbonyl (C=O) groups excluding carboxylic acids is 2. The van der Waals surface area contributed by atoms with Crippen LogP contribution >= 0.6 is 35.7 Å². The summed E-state index contributed by atoms with van der Waals surface area (Å²) in [5.74, 6) is -1.12. The SMILES string of the molecule is CCOc1cc(/C=C2\SC(=S)N(CC(=O)O)C2=O)ccc1OCC(=O)Nc1cccc(SC)c1. The number of thioether (sulfide) groups is 2. The lowest BCUT2D eigenvalue weighted by Crippen LogP contribution is -2.33. The Morgan fingerprint density at radius 1 is 1.21 bits per heavy atom. The van der Waals surface area contributed by atoms with Gasteiger partial charge < -0.3 is 19.9 Å². The number of hydrogen-bond donors (Lipinski definition) is 2. The molecule has 8 nitrogen and oxygen atoms in total. The number of thiocarbonyl (C=S) groups is 1. The van der Waals surface area contributed by atoms with Gasteiger partial charge in [0.05, 0.1) is 11.5 Å². The predicted molar refractivity (Wildman–Crippen MR) is 137 cm³/mol. The van der Waals surface area contributed by atoms with Crippen molar-refractivity contribution in [3.63, 3.8) is 0 Å². The number of nitrogens with zero attached hydrogens (tertiary/aromatic N) is 1. The Morgan fingerprint density at radius 2 is 2.00 bits per heavy atom. The maximum atomic E-state index is 12.5. The van der Waals surface area contributed by atoms with E-state index in [0.717, 1.165) is 21.6 Å². The van der Waals surface area contributed by atoms with Gasteiger partial charge >= 0.3 is 5.97 Å². The van der Waals surface area contributed by atoms with Crippen LogP contribution in [0.1, 0.15) is 12.5 Å². The van der Waals surface area contributed by atoms with Gasteiger partial charge in [0.1, 0.15) is 10.9 Å². The summed E-state index contributed by atoms with van der Waals surface area (Å²) < 4.78 is 11.5. The molecule has 2 aromatic carbocycles. The first kappa shape index (κ1) is 25.6. The van der Waals surface area contributed by atoms with Crippen LogP contribution in [-0.2, 0) is 14.4 Å². The predicted octanol–water partition coefficient (Wildman–Crippen LogP) is 4.11. The zero-order valence-electron chi connectivity index (χ0n) is 18.4. The fraction of sp³-hybridized carbons (Fsp3) is 0.217. The molecule has 0 radical (unpaired) electrons. The van der Waals surface area contributed by atoms with Crippen LogP contribution < -0.4 is 14.8 Å². The second kappa shape index (κ2) is 11.9. The molecule has 11 heteroatoms. The van der Waals surface area contributed by atoms with Crippen molar-refractivity contribution in [3.05, 3.63) is 52.9 Å². The lowest BCUT2D eigenvalue weighted by Gasteiger charge is -2.13. The Morgan fingerprint density at radius 3 is 2.71 bits per heavy atom. The largest absolute Gasteiger partial charge is 0.490 e. The average Bonchev–Trinajstić information content (AvgIpc) is 3.05. The standard InChI is InChI=1S/C23H22N2O6S3/c1-3-30-18-9-14(10-19-22(29)25(12-21(27)28)23(32)34-19)7-8-17(18)31-13-20(26)24-15-5-4-6-16(11-15)33-2/h4-11H,3,12-13H2,1-2H3,(H,24,26)(H,27,28)/b19-10-. The number of hydrogen-bond acceptors (Lipinski definition) is 8. The molecule has 0 aromatic heterocycles. The highest BCUT2D eigenvalue weighted by atomic mass is 32.2. The molecule has 0 unspecified atom stereocenters. The number of amides is 2. The van der Waals surface area contributed by atoms with Gasteiger partial charge in [-0.15, -0.1) is 11.8 Å². The number of aliphatic carboxylic acids is 1. The quantitative estimate of drug-likeness (QED) is 0.273. The van der Waals surface area contributed by atoms with Crippen LogP contribution in [0.25, 0.3) is 6.08 Å². The van der Waals surface area contributed by atoms with E-state index in [9.17, 15) is 14.4 Å². The van der Waals surface area contributed by atoms with E-state index in [-0.39, 0.29) is 16.8 Å². The molecule has 178 valence electrons. The van der Waals surface area contributed by atoms with E-state index >= 15 is 0 Å². The molecule has 2 aromatic rings. The maximum Gasteiger partial charge on any atom is 0.323 e. The van der Waals surface area contributed by atoms with Gasteiger partial charge in [-0.25, -0.2) is 0 Å². The van der Waals surface area contributed by atoms with Crippen LogP contribution in [0.5, 0.6) is 11.5 Å². The van der Waals surface area contributed by atoms with E-state index in [4.69, 9.17) is 26.8 Å². The zero-order chi connectivity index (χ0) is 24.7. The van der Waals surface area contributed by atoms with Gasteiger partial charge in [-0.1, -0.05) is 36.1 Å². The summed E-state index contributed by atoms with van der Waals surface area (Å²) in [6, 6.07) is 12.5. The minimum atomic E-state index is -1.14. The van der Waals surface area contributed by atoms with Crippen LogP contribution in [0.15, 0.2) is 52.3 Å². The smallest absolute Gasteiger partial charge is 0.323 e. The van der Waals surface area contributed by atoms with Crippen LogP contribution in [0.3, 0.4) is 0 Å². The van der Waals surface area contributed by atoms with E-state index in [1.807, 2.05) is 31.4 Å². The number of nitrogens with one attached hydrogen (secondary N) is 1. The molecule has 0 saturated carbocycles. The fourth-order valence-corrected chi connectivity index (χ4v) is 4.68. The summed E-state index contributed by atoms with van der Waals surface area (Å²) in [6.07, 6.45) is 3.57. The van der Waals surface area contributed by atoms with Crippen molar-refractivity contribution in [1.29, 1.82) is 0 Å². The Balaban J connectivity index is 1.70. The summed E-state index contributed by atoms with van der Waals surface area (Å²) in [5.41, 5.74) is 1.32. The molecule has 1 fully saturated rings. The van der Waals surface area contributed by atoms with Crippen molar-refractivity contribution in [2.24, 2.45) is 0 Å². The van der Waals surface area contributed by atoms with Gasteiger partial charge in [0.2, 0.25) is 0 Å². The second-order valence-electron chi connectivity index (χ2n) is 6.87. The van der Waals surface area contributed by atoms with Gasteiger partial charge in [-0.3, -0.25) is 19.3 Å². The zero-order valence-corrected chi connectivity index (χ0v) is 20.9. The number of anilines is 1. The first-order valence-corrected chi connectivity index (χ1v) is 12.6. The van der Waals surface area contributed by atoms with Gasteiger partial charge in [0.15, 0.2) is 18.1 Å². The lowest BCUT2D eigenvalue weighted by atomic mass is 10.2. The van der Waals surface area contributed by atoms with E-state index < -0.39 is 18.4 Å². The first-order valence-electron chi connectivity index (χ1n) is 10.1. The molecule has 0 atom stereocenters. The van der Waals surface area contributed by atoms with Crippen molar-refractivity contribution < 1.29 is 29.0 Å². The van der Waals surface area contributed by atoms with Gasteiger partial charge in [0, 0.05) is 10.6 Å². The number of carbonyl (C=O) groups is 3. The van der Waals surface area contributed by atoms with Crippen LogP contribution in [0.4, 0.5) is 5.69 Å². The molecular weight excluding hydrogens is 496 g/mol. The molecule has 0 spiro atoms. The molecule has 2 N–H and O–H groups in total. The number of benzene rings is 2. The second-order valence-corrected chi connectivity index (χ2v) is 9.43. The third-order valence-corrected chi connectivity index (χ3v) is 6.55. The monoisotopic (exact) mass is 518 g/mol. The Labute approximate surface area is 210 Å². The number of carboxylic acid groups (broad SMARTS) is 1. The van der Waals surface area contributed by atoms with Crippen molar-refractivity contribution >= 4 is 69.6 Å². The maximum absolute atomic E-state index is 12.5. The fourth-order valence-electron chi connectivity index (χ4n) is 2.97. The number of rotatable bonds is 10. The van der Waals surface area contributed by atoms with Crippen molar-refractivity contribution in [1.82, 2.24) is 4.90 Å². The van der Waals surface area contributed by atoms with E-state index in [2.05, 4.69) is 5.32 Å². The molecule has 1 aliphatic heterocycles. The Bertz CT molecular complexity index is 1150. The van der Waals surface area contributed by atoms with Gasteiger partial charge in [-0.2, -0.15) is 0 Å². The summed E-state index contributed by atoms with van der Waals surface area (Å²) in [7, 11) is 0. The third kappa shape index (κ3) is 6.75.